The fourth-order valence-electron chi connectivity index (χ4n) is 3.16. The van der Waals surface area contributed by atoms with Gasteiger partial charge < -0.3 is 10.2 Å². The Morgan fingerprint density at radius 3 is 2.71 bits per heavy atom. The van der Waals surface area contributed by atoms with Gasteiger partial charge in [-0.05, 0) is 42.5 Å². The smallest absolute Gasteiger partial charge is 0.266 e. The van der Waals surface area contributed by atoms with Crippen LogP contribution in [0.2, 0.25) is 10.0 Å². The van der Waals surface area contributed by atoms with Crippen molar-refractivity contribution < 1.29 is 9.59 Å². The van der Waals surface area contributed by atoms with E-state index in [1.807, 2.05) is 17.5 Å². The molecule has 0 radical (unpaired) electrons. The highest BCUT2D eigenvalue weighted by atomic mass is 35.5. The van der Waals surface area contributed by atoms with E-state index >= 15 is 0 Å². The molecule has 28 heavy (non-hydrogen) atoms. The molecule has 1 unspecified atom stereocenters. The topological polar surface area (TPSA) is 62.3 Å². The molecule has 4 rings (SSSR count). The lowest BCUT2D eigenvalue weighted by Crippen LogP contribution is -2.42. The van der Waals surface area contributed by atoms with Crippen LogP contribution in [0.4, 0.5) is 5.69 Å². The number of aromatic nitrogens is 1. The van der Waals surface area contributed by atoms with Gasteiger partial charge in [0.1, 0.15) is 15.9 Å². The molecule has 0 saturated carbocycles. The standard InChI is InChI=1S/C19H15Cl2N3O2S2/c20-11-7-12(21)9-13(8-11)23-17(25)14-3-1-5-24(14)19(26)16-10-22-18(28-16)15-4-2-6-27-15/h2,4,6-10,14H,1,3,5H2,(H,23,25). The number of thiophene rings is 1. The number of benzene rings is 1. The zero-order chi connectivity index (χ0) is 19.7. The van der Waals surface area contributed by atoms with Gasteiger partial charge >= 0.3 is 0 Å². The molecule has 2 amide bonds. The minimum Gasteiger partial charge on any atom is -0.326 e. The van der Waals surface area contributed by atoms with E-state index in [9.17, 15) is 9.59 Å². The molecule has 1 aromatic carbocycles. The second-order valence-electron chi connectivity index (χ2n) is 6.31. The molecule has 1 fully saturated rings. The van der Waals surface area contributed by atoms with Gasteiger partial charge in [0, 0.05) is 22.3 Å². The molecule has 2 aromatic heterocycles. The highest BCUT2D eigenvalue weighted by Crippen LogP contribution is 2.31. The first-order valence-electron chi connectivity index (χ1n) is 8.59. The monoisotopic (exact) mass is 451 g/mol. The molecule has 1 atom stereocenters. The summed E-state index contributed by atoms with van der Waals surface area (Å²) in [7, 11) is 0. The number of carbonyl (C=O) groups excluding carboxylic acids is 2. The first-order valence-corrected chi connectivity index (χ1v) is 11.0. The van der Waals surface area contributed by atoms with Crippen LogP contribution in [0.3, 0.4) is 0 Å². The van der Waals surface area contributed by atoms with Crippen LogP contribution in [-0.4, -0.2) is 34.3 Å². The lowest BCUT2D eigenvalue weighted by Gasteiger charge is -2.23. The Morgan fingerprint density at radius 2 is 2.00 bits per heavy atom. The fourth-order valence-corrected chi connectivity index (χ4v) is 5.36. The summed E-state index contributed by atoms with van der Waals surface area (Å²) in [5, 5.41) is 6.48. The number of rotatable bonds is 4. The zero-order valence-electron chi connectivity index (χ0n) is 14.5. The summed E-state index contributed by atoms with van der Waals surface area (Å²) in [6, 6.07) is 8.24. The largest absolute Gasteiger partial charge is 0.326 e. The minimum atomic E-state index is -0.530. The number of halogens is 2. The SMILES string of the molecule is O=C(Nc1cc(Cl)cc(Cl)c1)C1CCCN1C(=O)c1cnc(-c2cccs2)s1. The summed E-state index contributed by atoms with van der Waals surface area (Å²) in [6.45, 7) is 0.541. The number of anilines is 1. The lowest BCUT2D eigenvalue weighted by atomic mass is 10.2. The maximum absolute atomic E-state index is 13.0. The van der Waals surface area contributed by atoms with Crippen LogP contribution in [-0.2, 0) is 4.79 Å². The van der Waals surface area contributed by atoms with Crippen LogP contribution < -0.4 is 5.32 Å². The number of thiazole rings is 1. The molecule has 5 nitrogen and oxygen atoms in total. The summed E-state index contributed by atoms with van der Waals surface area (Å²) < 4.78 is 0. The van der Waals surface area contributed by atoms with E-state index in [2.05, 4.69) is 10.3 Å². The number of likely N-dealkylation sites (tertiary alicyclic amines) is 1. The Labute approximate surface area is 179 Å². The normalized spacial score (nSPS) is 16.4. The van der Waals surface area contributed by atoms with Crippen LogP contribution in [0, 0.1) is 0 Å². The Morgan fingerprint density at radius 1 is 1.21 bits per heavy atom. The van der Waals surface area contributed by atoms with Crippen LogP contribution in [0.5, 0.6) is 0 Å². The minimum absolute atomic E-state index is 0.165. The number of carbonyl (C=O) groups is 2. The fraction of sp³-hybridized carbons (Fsp3) is 0.211. The lowest BCUT2D eigenvalue weighted by molar-refractivity contribution is -0.119. The predicted octanol–water partition coefficient (Wildman–Crippen LogP) is 5.42. The first-order chi connectivity index (χ1) is 13.5. The maximum Gasteiger partial charge on any atom is 0.266 e. The molecule has 144 valence electrons. The Balaban J connectivity index is 1.49. The summed E-state index contributed by atoms with van der Waals surface area (Å²) in [5.41, 5.74) is 0.513. The Kier molecular flexibility index (Phi) is 5.68. The van der Waals surface area contributed by atoms with Crippen LogP contribution in [0.15, 0.2) is 41.9 Å². The molecule has 3 heterocycles. The third-order valence-electron chi connectivity index (χ3n) is 4.39. The predicted molar refractivity (Wildman–Crippen MR) is 115 cm³/mol. The van der Waals surface area contributed by atoms with Crippen LogP contribution >= 0.6 is 45.9 Å². The van der Waals surface area contributed by atoms with Crippen molar-refractivity contribution in [3.05, 3.63) is 56.8 Å². The van der Waals surface area contributed by atoms with E-state index < -0.39 is 6.04 Å². The van der Waals surface area contributed by atoms with Crippen LogP contribution in [0.1, 0.15) is 22.5 Å². The number of nitrogens with zero attached hydrogens (tertiary/aromatic N) is 2. The summed E-state index contributed by atoms with van der Waals surface area (Å²) in [5.74, 6) is -0.408. The number of hydrogen-bond donors (Lipinski definition) is 1. The van der Waals surface area contributed by atoms with Gasteiger partial charge in [0.2, 0.25) is 5.91 Å². The molecule has 1 saturated heterocycles. The average molecular weight is 452 g/mol. The number of hydrogen-bond acceptors (Lipinski definition) is 5. The van der Waals surface area contributed by atoms with Crippen molar-refractivity contribution in [2.45, 2.75) is 18.9 Å². The van der Waals surface area contributed by atoms with E-state index in [-0.39, 0.29) is 11.8 Å². The van der Waals surface area contributed by atoms with Crippen molar-refractivity contribution in [3.8, 4) is 9.88 Å². The average Bonchev–Trinajstić information content (AvgIpc) is 3.40. The van der Waals surface area contributed by atoms with E-state index in [1.54, 1.807) is 40.6 Å². The second-order valence-corrected chi connectivity index (χ2v) is 9.16. The molecule has 0 bridgehead atoms. The Hall–Kier alpha value is -1.93. The third kappa shape index (κ3) is 4.07. The van der Waals surface area contributed by atoms with E-state index in [0.717, 1.165) is 16.3 Å². The molecule has 0 spiro atoms. The molecular formula is C19H15Cl2N3O2S2. The van der Waals surface area contributed by atoms with E-state index in [4.69, 9.17) is 23.2 Å². The molecule has 1 aliphatic rings. The summed E-state index contributed by atoms with van der Waals surface area (Å²) in [4.78, 5) is 33.3. The van der Waals surface area contributed by atoms with Crippen molar-refractivity contribution in [1.82, 2.24) is 9.88 Å². The highest BCUT2D eigenvalue weighted by Gasteiger charge is 2.35. The highest BCUT2D eigenvalue weighted by molar-refractivity contribution is 7.22. The van der Waals surface area contributed by atoms with Gasteiger partial charge in [0.15, 0.2) is 0 Å². The molecular weight excluding hydrogens is 437 g/mol. The van der Waals surface area contributed by atoms with Crippen molar-refractivity contribution in [2.75, 3.05) is 11.9 Å². The van der Waals surface area contributed by atoms with Crippen molar-refractivity contribution >= 4 is 63.4 Å². The van der Waals surface area contributed by atoms with Gasteiger partial charge in [0.05, 0.1) is 11.1 Å². The molecule has 3 aromatic rings. The van der Waals surface area contributed by atoms with E-state index in [0.29, 0.717) is 33.6 Å². The van der Waals surface area contributed by atoms with Gasteiger partial charge in [-0.1, -0.05) is 29.3 Å². The van der Waals surface area contributed by atoms with Crippen molar-refractivity contribution in [1.29, 1.82) is 0 Å². The van der Waals surface area contributed by atoms with Gasteiger partial charge in [-0.15, -0.1) is 22.7 Å². The molecule has 1 aliphatic heterocycles. The number of nitrogens with one attached hydrogen (secondary N) is 1. The molecule has 9 heteroatoms. The van der Waals surface area contributed by atoms with Gasteiger partial charge in [-0.3, -0.25) is 9.59 Å². The maximum atomic E-state index is 13.0. The number of amides is 2. The van der Waals surface area contributed by atoms with Gasteiger partial charge in [-0.2, -0.15) is 0 Å². The van der Waals surface area contributed by atoms with Crippen molar-refractivity contribution in [2.24, 2.45) is 0 Å². The third-order valence-corrected chi connectivity index (χ3v) is 6.86. The van der Waals surface area contributed by atoms with Crippen LogP contribution in [0.25, 0.3) is 9.88 Å². The summed E-state index contributed by atoms with van der Waals surface area (Å²) >= 11 is 14.9. The molecule has 0 aliphatic carbocycles. The van der Waals surface area contributed by atoms with Gasteiger partial charge in [-0.25, -0.2) is 4.98 Å². The quantitative estimate of drug-likeness (QED) is 0.575. The first kappa shape index (κ1) is 19.4. The second kappa shape index (κ2) is 8.21. The van der Waals surface area contributed by atoms with E-state index in [1.165, 1.54) is 11.3 Å². The summed E-state index contributed by atoms with van der Waals surface area (Å²) in [6.07, 6.45) is 2.98. The molecule has 1 N–H and O–H groups in total. The zero-order valence-corrected chi connectivity index (χ0v) is 17.7. The van der Waals surface area contributed by atoms with Gasteiger partial charge in [0.25, 0.3) is 5.91 Å². The Bertz CT molecular complexity index is 1000. The van der Waals surface area contributed by atoms with Crippen molar-refractivity contribution in [3.63, 3.8) is 0 Å².